The highest BCUT2D eigenvalue weighted by atomic mass is 35.5. The summed E-state index contributed by atoms with van der Waals surface area (Å²) in [4.78, 5) is 27.0. The van der Waals surface area contributed by atoms with E-state index in [1.54, 1.807) is 18.9 Å². The number of dihydropyridines is 1. The van der Waals surface area contributed by atoms with Crippen LogP contribution in [0.3, 0.4) is 0 Å². The lowest BCUT2D eigenvalue weighted by Gasteiger charge is -2.36. The molecule has 2 aromatic carbocycles. The smallest absolute Gasteiger partial charge is 0.336 e. The van der Waals surface area contributed by atoms with Gasteiger partial charge in [-0.2, -0.15) is 11.8 Å². The van der Waals surface area contributed by atoms with E-state index in [1.807, 2.05) is 55.5 Å². The number of carbonyl (C=O) groups excluding carboxylic acids is 2. The van der Waals surface area contributed by atoms with Crippen molar-refractivity contribution in [3.63, 3.8) is 0 Å². The number of benzene rings is 2. The van der Waals surface area contributed by atoms with Crippen molar-refractivity contribution in [3.8, 4) is 5.75 Å². The number of halogens is 1. The van der Waals surface area contributed by atoms with E-state index in [4.69, 9.17) is 21.1 Å². The van der Waals surface area contributed by atoms with Gasteiger partial charge < -0.3 is 14.8 Å². The van der Waals surface area contributed by atoms with Crippen molar-refractivity contribution >= 4 is 35.1 Å². The molecule has 0 amide bonds. The standard InChI is InChI=1S/C28H30ClNO4S/c1-4-35-13-12-34-28(32)25-17(2)30-23-15-20(18-8-10-21(29)11-9-18)16-24(31)27(23)26(25)19-6-5-7-22(14-19)33-3/h5-11,14,20,26,30H,4,12-13,15-16H2,1-3H3/t20-,26-/m0/s1. The number of hydrogen-bond acceptors (Lipinski definition) is 6. The first-order valence-corrected chi connectivity index (χ1v) is 13.3. The van der Waals surface area contributed by atoms with Gasteiger partial charge in [-0.05, 0) is 60.4 Å². The first-order valence-electron chi connectivity index (χ1n) is 11.8. The first kappa shape index (κ1) is 25.4. The fourth-order valence-corrected chi connectivity index (χ4v) is 5.47. The number of nitrogens with one attached hydrogen (secondary N) is 1. The zero-order valence-electron chi connectivity index (χ0n) is 20.2. The summed E-state index contributed by atoms with van der Waals surface area (Å²) in [6, 6.07) is 15.2. The van der Waals surface area contributed by atoms with Crippen LogP contribution in [0.4, 0.5) is 0 Å². The summed E-state index contributed by atoms with van der Waals surface area (Å²) >= 11 is 7.79. The molecule has 0 bridgehead atoms. The summed E-state index contributed by atoms with van der Waals surface area (Å²) in [5.41, 5.74) is 4.62. The van der Waals surface area contributed by atoms with Crippen LogP contribution in [0.2, 0.25) is 5.02 Å². The van der Waals surface area contributed by atoms with Crippen molar-refractivity contribution in [2.75, 3.05) is 25.2 Å². The third kappa shape index (κ3) is 5.60. The SMILES string of the molecule is CCSCCOC(=O)C1=C(C)NC2=C(C(=O)C[C@@H](c3ccc(Cl)cc3)C2)[C@H]1c1cccc(OC)c1. The Labute approximate surface area is 215 Å². The molecule has 5 nitrogen and oxygen atoms in total. The van der Waals surface area contributed by atoms with Crippen LogP contribution < -0.4 is 10.1 Å². The Hall–Kier alpha value is -2.70. The Balaban J connectivity index is 1.72. The summed E-state index contributed by atoms with van der Waals surface area (Å²) < 4.78 is 11.1. The van der Waals surface area contributed by atoms with Crippen molar-refractivity contribution in [2.45, 2.75) is 38.5 Å². The number of ether oxygens (including phenoxy) is 2. The molecule has 1 aliphatic carbocycles. The molecule has 0 saturated carbocycles. The third-order valence-electron chi connectivity index (χ3n) is 6.48. The molecule has 0 saturated heterocycles. The van der Waals surface area contributed by atoms with Crippen molar-refractivity contribution in [1.29, 1.82) is 0 Å². The van der Waals surface area contributed by atoms with Crippen LogP contribution in [0.5, 0.6) is 5.75 Å². The Morgan fingerprint density at radius 1 is 1.14 bits per heavy atom. The summed E-state index contributed by atoms with van der Waals surface area (Å²) in [6.07, 6.45) is 1.05. The van der Waals surface area contributed by atoms with Crippen molar-refractivity contribution in [2.24, 2.45) is 0 Å². The molecular weight excluding hydrogens is 482 g/mol. The normalized spacial score (nSPS) is 19.8. The molecule has 4 rings (SSSR count). The van der Waals surface area contributed by atoms with Crippen LogP contribution >= 0.6 is 23.4 Å². The molecule has 0 unspecified atom stereocenters. The number of hydrogen-bond donors (Lipinski definition) is 1. The zero-order chi connectivity index (χ0) is 24.9. The minimum absolute atomic E-state index is 0.0332. The summed E-state index contributed by atoms with van der Waals surface area (Å²) in [5, 5.41) is 4.07. The van der Waals surface area contributed by atoms with Crippen molar-refractivity contribution in [3.05, 3.63) is 87.2 Å². The number of methoxy groups -OCH3 is 1. The van der Waals surface area contributed by atoms with E-state index in [-0.39, 0.29) is 11.7 Å². The Morgan fingerprint density at radius 2 is 1.91 bits per heavy atom. The van der Waals surface area contributed by atoms with Crippen molar-refractivity contribution in [1.82, 2.24) is 5.32 Å². The van der Waals surface area contributed by atoms with Crippen LogP contribution in [-0.4, -0.2) is 37.0 Å². The summed E-state index contributed by atoms with van der Waals surface area (Å²) in [5.74, 6) is 1.56. The average Bonchev–Trinajstić information content (AvgIpc) is 2.86. The zero-order valence-corrected chi connectivity index (χ0v) is 21.8. The van der Waals surface area contributed by atoms with E-state index in [1.165, 1.54) is 0 Å². The third-order valence-corrected chi connectivity index (χ3v) is 7.60. The minimum Gasteiger partial charge on any atom is -0.497 e. The monoisotopic (exact) mass is 511 g/mol. The van der Waals surface area contributed by atoms with Gasteiger partial charge in [0.15, 0.2) is 5.78 Å². The van der Waals surface area contributed by atoms with Crippen LogP contribution in [0.1, 0.15) is 49.7 Å². The van der Waals surface area contributed by atoms with Gasteiger partial charge in [0, 0.05) is 40.1 Å². The molecular formula is C28H30ClNO4S. The summed E-state index contributed by atoms with van der Waals surface area (Å²) in [6.45, 7) is 4.28. The number of rotatable bonds is 8. The topological polar surface area (TPSA) is 64.6 Å². The van der Waals surface area contributed by atoms with Gasteiger partial charge in [0.1, 0.15) is 12.4 Å². The largest absolute Gasteiger partial charge is 0.497 e. The fraction of sp³-hybridized carbons (Fsp3) is 0.357. The molecule has 1 heterocycles. The lowest BCUT2D eigenvalue weighted by atomic mass is 9.71. The van der Waals surface area contributed by atoms with E-state index >= 15 is 0 Å². The van der Waals surface area contributed by atoms with Gasteiger partial charge in [-0.3, -0.25) is 4.79 Å². The molecule has 2 aromatic rings. The second kappa shape index (κ2) is 11.4. The van der Waals surface area contributed by atoms with E-state index < -0.39 is 11.9 Å². The minimum atomic E-state index is -0.508. The van der Waals surface area contributed by atoms with Gasteiger partial charge in [-0.15, -0.1) is 0 Å². The molecule has 0 spiro atoms. The van der Waals surface area contributed by atoms with Crippen molar-refractivity contribution < 1.29 is 19.1 Å². The van der Waals surface area contributed by atoms with Gasteiger partial charge in [0.25, 0.3) is 0 Å². The molecule has 35 heavy (non-hydrogen) atoms. The second-order valence-corrected chi connectivity index (χ2v) is 10.5. The highest BCUT2D eigenvalue weighted by Crippen LogP contribution is 2.46. The Morgan fingerprint density at radius 3 is 2.63 bits per heavy atom. The van der Waals surface area contributed by atoms with E-state index in [0.29, 0.717) is 47.1 Å². The molecule has 1 aliphatic heterocycles. The van der Waals surface area contributed by atoms with Gasteiger partial charge in [0.2, 0.25) is 0 Å². The van der Waals surface area contributed by atoms with E-state index in [0.717, 1.165) is 28.3 Å². The van der Waals surface area contributed by atoms with Gasteiger partial charge in [-0.25, -0.2) is 4.79 Å². The van der Waals surface area contributed by atoms with E-state index in [2.05, 4.69) is 12.2 Å². The molecule has 0 fully saturated rings. The van der Waals surface area contributed by atoms with Crippen LogP contribution in [0.15, 0.2) is 71.1 Å². The predicted molar refractivity (Wildman–Crippen MR) is 141 cm³/mol. The molecule has 1 N–H and O–H groups in total. The lowest BCUT2D eigenvalue weighted by molar-refractivity contribution is -0.138. The molecule has 184 valence electrons. The predicted octanol–water partition coefficient (Wildman–Crippen LogP) is 6.01. The maximum atomic E-state index is 13.7. The maximum absolute atomic E-state index is 13.7. The molecule has 2 atom stereocenters. The summed E-state index contributed by atoms with van der Waals surface area (Å²) in [7, 11) is 1.61. The molecule has 0 aromatic heterocycles. The van der Waals surface area contributed by atoms with Gasteiger partial charge in [-0.1, -0.05) is 42.8 Å². The quantitative estimate of drug-likeness (QED) is 0.346. The first-order chi connectivity index (χ1) is 16.9. The number of Topliss-reactive ketones (excluding diaryl/α,β-unsaturated/α-hetero) is 1. The number of carbonyl (C=O) groups is 2. The van der Waals surface area contributed by atoms with Gasteiger partial charge >= 0.3 is 5.97 Å². The highest BCUT2D eigenvalue weighted by Gasteiger charge is 2.41. The molecule has 2 aliphatic rings. The Kier molecular flexibility index (Phi) is 8.24. The fourth-order valence-electron chi connectivity index (χ4n) is 4.85. The highest BCUT2D eigenvalue weighted by molar-refractivity contribution is 7.99. The number of esters is 1. The van der Waals surface area contributed by atoms with Crippen LogP contribution in [0.25, 0.3) is 0 Å². The van der Waals surface area contributed by atoms with E-state index in [9.17, 15) is 9.59 Å². The molecule has 0 radical (unpaired) electrons. The number of ketones is 1. The maximum Gasteiger partial charge on any atom is 0.336 e. The molecule has 7 heteroatoms. The van der Waals surface area contributed by atoms with Crippen LogP contribution in [0, 0.1) is 0 Å². The lowest BCUT2D eigenvalue weighted by Crippen LogP contribution is -2.36. The number of thioether (sulfide) groups is 1. The number of allylic oxidation sites excluding steroid dienone is 3. The van der Waals surface area contributed by atoms with Gasteiger partial charge in [0.05, 0.1) is 12.7 Å². The average molecular weight is 512 g/mol. The Bertz CT molecular complexity index is 1170. The second-order valence-electron chi connectivity index (χ2n) is 8.68. The van der Waals surface area contributed by atoms with Crippen LogP contribution in [-0.2, 0) is 14.3 Å².